The molecule has 1 aromatic carbocycles. The van der Waals surface area contributed by atoms with Crippen LogP contribution in [0.15, 0.2) is 24.3 Å². The van der Waals surface area contributed by atoms with Gasteiger partial charge in [-0.05, 0) is 56.9 Å². The zero-order chi connectivity index (χ0) is 22.3. The van der Waals surface area contributed by atoms with Gasteiger partial charge in [0.2, 0.25) is 0 Å². The molecule has 3 rings (SSSR count). The number of alkyl halides is 3. The molecule has 1 aromatic rings. The lowest BCUT2D eigenvalue weighted by Crippen LogP contribution is -2.46. The van der Waals surface area contributed by atoms with Crippen molar-refractivity contribution in [3.05, 3.63) is 29.8 Å². The number of ether oxygens (including phenoxy) is 1. The molecule has 2 fully saturated rings. The monoisotopic (exact) mass is 427 g/mol. The number of nitrogens with zero attached hydrogens (tertiary/aromatic N) is 1. The fraction of sp³-hybridized carbons (Fsp3) is 0.474. The number of benzene rings is 1. The van der Waals surface area contributed by atoms with Crippen molar-refractivity contribution in [3.63, 3.8) is 0 Å². The average Bonchev–Trinajstić information content (AvgIpc) is 3.47. The largest absolute Gasteiger partial charge is 0.451 e. The van der Waals surface area contributed by atoms with Gasteiger partial charge in [0, 0.05) is 5.69 Å². The van der Waals surface area contributed by atoms with Crippen LogP contribution in [0.25, 0.3) is 0 Å². The number of amides is 4. The summed E-state index contributed by atoms with van der Waals surface area (Å²) in [6, 6.07) is 3.05. The molecular weight excluding hydrogens is 407 g/mol. The number of nitrogens with one attached hydrogen (secondary N) is 2. The van der Waals surface area contributed by atoms with E-state index in [2.05, 4.69) is 10.6 Å². The smallest absolute Gasteiger partial charge is 0.416 e. The molecule has 1 aliphatic heterocycles. The summed E-state index contributed by atoms with van der Waals surface area (Å²) in [5, 5.41) is 4.92. The maximum Gasteiger partial charge on any atom is 0.416 e. The van der Waals surface area contributed by atoms with Crippen molar-refractivity contribution in [2.45, 2.75) is 44.5 Å². The number of urea groups is 1. The second-order valence-corrected chi connectivity index (χ2v) is 7.49. The van der Waals surface area contributed by atoms with Crippen LogP contribution in [0.1, 0.15) is 32.3 Å². The molecule has 11 heteroatoms. The fourth-order valence-electron chi connectivity index (χ4n) is 3.20. The maximum atomic E-state index is 12.6. The molecule has 0 bridgehead atoms. The molecule has 30 heavy (non-hydrogen) atoms. The van der Waals surface area contributed by atoms with E-state index in [4.69, 9.17) is 4.74 Å². The molecule has 8 nitrogen and oxygen atoms in total. The van der Waals surface area contributed by atoms with Crippen LogP contribution < -0.4 is 10.6 Å². The Kier molecular flexibility index (Phi) is 5.48. The number of rotatable bonds is 6. The Hall–Kier alpha value is -3.11. The van der Waals surface area contributed by atoms with E-state index in [-0.39, 0.29) is 11.6 Å². The van der Waals surface area contributed by atoms with Crippen LogP contribution in [0, 0.1) is 5.92 Å². The minimum Gasteiger partial charge on any atom is -0.451 e. The minimum absolute atomic E-state index is 0.0309. The summed E-state index contributed by atoms with van der Waals surface area (Å²) in [4.78, 5) is 49.5. The van der Waals surface area contributed by atoms with Crippen LogP contribution in [-0.2, 0) is 25.3 Å². The molecule has 1 saturated heterocycles. The van der Waals surface area contributed by atoms with Crippen molar-refractivity contribution in [2.75, 3.05) is 11.9 Å². The summed E-state index contributed by atoms with van der Waals surface area (Å²) in [6.45, 7) is 2.22. The molecule has 0 radical (unpaired) electrons. The predicted octanol–water partition coefficient (Wildman–Crippen LogP) is 2.30. The van der Waals surface area contributed by atoms with Gasteiger partial charge in [-0.15, -0.1) is 0 Å². The first-order valence-corrected chi connectivity index (χ1v) is 9.23. The van der Waals surface area contributed by atoms with Crippen LogP contribution in [0.2, 0.25) is 0 Å². The lowest BCUT2D eigenvalue weighted by atomic mass is 9.96. The summed E-state index contributed by atoms with van der Waals surface area (Å²) in [5.74, 6) is -2.23. The second-order valence-electron chi connectivity index (χ2n) is 7.49. The third-order valence-corrected chi connectivity index (χ3v) is 5.14. The Morgan fingerprint density at radius 2 is 1.87 bits per heavy atom. The van der Waals surface area contributed by atoms with Gasteiger partial charge in [-0.3, -0.25) is 19.3 Å². The number of carbonyl (C=O) groups is 4. The number of esters is 1. The number of hydrogen-bond acceptors (Lipinski definition) is 5. The van der Waals surface area contributed by atoms with Crippen LogP contribution >= 0.6 is 0 Å². The normalized spacial score (nSPS) is 22.5. The van der Waals surface area contributed by atoms with E-state index in [1.165, 1.54) is 6.92 Å². The SMILES string of the molecule is C[C@@H](OC(=O)CN1C(=O)N[C@](C)(C2CC2)C1=O)C(=O)Nc1ccc(C(F)(F)F)cc1. The van der Waals surface area contributed by atoms with Crippen molar-refractivity contribution < 1.29 is 37.1 Å². The molecule has 2 atom stereocenters. The van der Waals surface area contributed by atoms with Crippen LogP contribution in [-0.4, -0.2) is 46.9 Å². The second kappa shape index (κ2) is 7.62. The molecular formula is C19H20F3N3O5. The number of hydrogen-bond donors (Lipinski definition) is 2. The first kappa shape index (κ1) is 21.6. The van der Waals surface area contributed by atoms with Gasteiger partial charge >= 0.3 is 18.2 Å². The summed E-state index contributed by atoms with van der Waals surface area (Å²) < 4.78 is 42.7. The summed E-state index contributed by atoms with van der Waals surface area (Å²) in [7, 11) is 0. The predicted molar refractivity (Wildman–Crippen MR) is 97.0 cm³/mol. The van der Waals surface area contributed by atoms with Crippen molar-refractivity contribution in [1.82, 2.24) is 10.2 Å². The number of imide groups is 1. The van der Waals surface area contributed by atoms with E-state index in [1.54, 1.807) is 6.92 Å². The van der Waals surface area contributed by atoms with Crippen LogP contribution in [0.3, 0.4) is 0 Å². The van der Waals surface area contributed by atoms with E-state index in [0.29, 0.717) is 0 Å². The molecule has 162 valence electrons. The van der Waals surface area contributed by atoms with Gasteiger partial charge in [0.1, 0.15) is 12.1 Å². The number of anilines is 1. The molecule has 1 saturated carbocycles. The Morgan fingerprint density at radius 3 is 2.40 bits per heavy atom. The Bertz CT molecular complexity index is 882. The highest BCUT2D eigenvalue weighted by Gasteiger charge is 2.56. The van der Waals surface area contributed by atoms with Gasteiger partial charge in [0.25, 0.3) is 11.8 Å². The van der Waals surface area contributed by atoms with E-state index in [9.17, 15) is 32.3 Å². The maximum absolute atomic E-state index is 12.6. The Morgan fingerprint density at radius 1 is 1.27 bits per heavy atom. The standard InChI is InChI=1S/C19H20F3N3O5/c1-10(15(27)23-13-7-5-12(6-8-13)19(20,21)22)30-14(26)9-25-16(28)18(2,11-3-4-11)24-17(25)29/h5-8,10-11H,3-4,9H2,1-2H3,(H,23,27)(H,24,29)/t10-,18-/m1/s1. The Balaban J connectivity index is 1.53. The van der Waals surface area contributed by atoms with E-state index < -0.39 is 53.7 Å². The molecule has 0 unspecified atom stereocenters. The molecule has 4 amide bonds. The first-order valence-electron chi connectivity index (χ1n) is 9.23. The fourth-order valence-corrected chi connectivity index (χ4v) is 3.20. The Labute approximate surface area is 169 Å². The third kappa shape index (κ3) is 4.39. The van der Waals surface area contributed by atoms with Crippen LogP contribution in [0.5, 0.6) is 0 Å². The number of halogens is 3. The van der Waals surface area contributed by atoms with Crippen molar-refractivity contribution in [3.8, 4) is 0 Å². The van der Waals surface area contributed by atoms with Gasteiger partial charge < -0.3 is 15.4 Å². The molecule has 2 aliphatic rings. The topological polar surface area (TPSA) is 105 Å². The zero-order valence-corrected chi connectivity index (χ0v) is 16.2. The highest BCUT2D eigenvalue weighted by molar-refractivity contribution is 6.09. The lowest BCUT2D eigenvalue weighted by Gasteiger charge is -2.21. The summed E-state index contributed by atoms with van der Waals surface area (Å²) in [5.41, 5.74) is -1.82. The average molecular weight is 427 g/mol. The van der Waals surface area contributed by atoms with E-state index in [0.717, 1.165) is 42.0 Å². The van der Waals surface area contributed by atoms with Crippen LogP contribution in [0.4, 0.5) is 23.7 Å². The van der Waals surface area contributed by atoms with E-state index >= 15 is 0 Å². The van der Waals surface area contributed by atoms with E-state index in [1.807, 2.05) is 0 Å². The summed E-state index contributed by atoms with van der Waals surface area (Å²) in [6.07, 6.45) is -4.18. The molecule has 1 heterocycles. The minimum atomic E-state index is -4.50. The quantitative estimate of drug-likeness (QED) is 0.536. The van der Waals surface area contributed by atoms with Gasteiger partial charge in [-0.2, -0.15) is 13.2 Å². The molecule has 2 N–H and O–H groups in total. The molecule has 0 spiro atoms. The highest BCUT2D eigenvalue weighted by Crippen LogP contribution is 2.42. The van der Waals surface area contributed by atoms with Crippen molar-refractivity contribution in [2.24, 2.45) is 5.92 Å². The highest BCUT2D eigenvalue weighted by atomic mass is 19.4. The van der Waals surface area contributed by atoms with Gasteiger partial charge in [0.05, 0.1) is 5.56 Å². The van der Waals surface area contributed by atoms with Gasteiger partial charge in [0.15, 0.2) is 6.10 Å². The molecule has 1 aliphatic carbocycles. The lowest BCUT2D eigenvalue weighted by molar-refractivity contribution is -0.155. The first-order chi connectivity index (χ1) is 13.9. The summed E-state index contributed by atoms with van der Waals surface area (Å²) >= 11 is 0. The van der Waals surface area contributed by atoms with Crippen molar-refractivity contribution >= 4 is 29.5 Å². The third-order valence-electron chi connectivity index (χ3n) is 5.14. The molecule has 0 aromatic heterocycles. The zero-order valence-electron chi connectivity index (χ0n) is 16.2. The van der Waals surface area contributed by atoms with Crippen molar-refractivity contribution in [1.29, 1.82) is 0 Å². The van der Waals surface area contributed by atoms with Gasteiger partial charge in [-0.1, -0.05) is 0 Å². The number of carbonyl (C=O) groups excluding carboxylic acids is 4. The van der Waals surface area contributed by atoms with Gasteiger partial charge in [-0.25, -0.2) is 4.79 Å².